The highest BCUT2D eigenvalue weighted by atomic mass is 79.9. The summed E-state index contributed by atoms with van der Waals surface area (Å²) in [6.45, 7) is 4.25. The molecule has 0 amide bonds. The van der Waals surface area contributed by atoms with Gasteiger partial charge in [0.25, 0.3) is 0 Å². The van der Waals surface area contributed by atoms with Gasteiger partial charge >= 0.3 is 0 Å². The van der Waals surface area contributed by atoms with Gasteiger partial charge in [-0.05, 0) is 26.9 Å². The molecule has 0 fully saturated rings. The van der Waals surface area contributed by atoms with Crippen molar-refractivity contribution in [2.24, 2.45) is 0 Å². The first kappa shape index (κ1) is 11.1. The smallest absolute Gasteiger partial charge is 0.0798 e. The van der Waals surface area contributed by atoms with Crippen LogP contribution in [0.2, 0.25) is 0 Å². The molecule has 1 aromatic heterocycles. The molecule has 0 aliphatic heterocycles. The molecule has 0 aliphatic rings. The summed E-state index contributed by atoms with van der Waals surface area (Å²) >= 11 is 5.18. The van der Waals surface area contributed by atoms with Crippen molar-refractivity contribution >= 4 is 27.3 Å². The third-order valence-electron chi connectivity index (χ3n) is 1.93. The van der Waals surface area contributed by atoms with Gasteiger partial charge in [0, 0.05) is 16.8 Å². The lowest BCUT2D eigenvalue weighted by molar-refractivity contribution is 0.331. The third kappa shape index (κ3) is 3.75. The second-order valence-corrected chi connectivity index (χ2v) is 4.87. The number of alkyl halides is 1. The monoisotopic (exact) mass is 262 g/mol. The Morgan fingerprint density at radius 3 is 2.92 bits per heavy atom. The van der Waals surface area contributed by atoms with Crippen LogP contribution in [0.25, 0.3) is 0 Å². The third-order valence-corrected chi connectivity index (χ3v) is 3.41. The van der Waals surface area contributed by atoms with E-state index in [0.29, 0.717) is 0 Å². The van der Waals surface area contributed by atoms with E-state index in [2.05, 4.69) is 39.8 Å². The van der Waals surface area contributed by atoms with E-state index in [1.165, 1.54) is 17.0 Å². The molecular weight excluding hydrogens is 248 g/mol. The van der Waals surface area contributed by atoms with E-state index in [9.17, 15) is 0 Å². The van der Waals surface area contributed by atoms with Crippen molar-refractivity contribution in [3.63, 3.8) is 0 Å². The number of nitrogens with zero attached hydrogens (tertiary/aromatic N) is 2. The van der Waals surface area contributed by atoms with Crippen molar-refractivity contribution in [3.8, 4) is 0 Å². The Morgan fingerprint density at radius 2 is 2.38 bits per heavy atom. The molecule has 0 spiro atoms. The Labute approximate surface area is 92.1 Å². The maximum Gasteiger partial charge on any atom is 0.0798 e. The van der Waals surface area contributed by atoms with Gasteiger partial charge in [0.15, 0.2) is 0 Å². The molecule has 2 nitrogen and oxygen atoms in total. The van der Waals surface area contributed by atoms with Crippen LogP contribution >= 0.6 is 27.3 Å². The van der Waals surface area contributed by atoms with Crippen molar-refractivity contribution in [1.29, 1.82) is 0 Å². The first-order valence-corrected chi connectivity index (χ1v) is 6.37. The maximum absolute atomic E-state index is 4.23. The quantitative estimate of drug-likeness (QED) is 0.759. The van der Waals surface area contributed by atoms with Crippen LogP contribution in [0.4, 0.5) is 0 Å². The minimum Gasteiger partial charge on any atom is -0.301 e. The molecule has 1 rings (SSSR count). The molecular formula is C9H15BrN2S. The predicted octanol–water partition coefficient (Wildman–Crippen LogP) is 2.67. The van der Waals surface area contributed by atoms with Crippen LogP contribution in [0.1, 0.15) is 17.0 Å². The van der Waals surface area contributed by atoms with Gasteiger partial charge in [0.05, 0.1) is 11.2 Å². The standard InChI is InChI=1S/C9H15BrN2S/c1-8-9(13-7-11-8)6-12(2)5-3-4-10/h7H,3-6H2,1-2H3. The lowest BCUT2D eigenvalue weighted by atomic mass is 10.3. The molecule has 0 saturated carbocycles. The summed E-state index contributed by atoms with van der Waals surface area (Å²) in [5.41, 5.74) is 3.10. The molecule has 1 aromatic rings. The van der Waals surface area contributed by atoms with E-state index >= 15 is 0 Å². The molecule has 1 heterocycles. The van der Waals surface area contributed by atoms with Gasteiger partial charge in [-0.15, -0.1) is 11.3 Å². The normalized spacial score (nSPS) is 11.1. The topological polar surface area (TPSA) is 16.1 Å². The van der Waals surface area contributed by atoms with Gasteiger partial charge in [-0.1, -0.05) is 15.9 Å². The van der Waals surface area contributed by atoms with Crippen LogP contribution in [0.15, 0.2) is 5.51 Å². The van der Waals surface area contributed by atoms with Crippen molar-refractivity contribution in [2.75, 3.05) is 18.9 Å². The number of aryl methyl sites for hydroxylation is 1. The lowest BCUT2D eigenvalue weighted by Gasteiger charge is -2.14. The molecule has 0 unspecified atom stereocenters. The minimum atomic E-state index is 1.03. The predicted molar refractivity (Wildman–Crippen MR) is 61.6 cm³/mol. The number of rotatable bonds is 5. The average molecular weight is 263 g/mol. The number of hydrogen-bond acceptors (Lipinski definition) is 3. The Balaban J connectivity index is 2.36. The highest BCUT2D eigenvalue weighted by Crippen LogP contribution is 2.14. The Hall–Kier alpha value is 0.0700. The first-order chi connectivity index (χ1) is 6.24. The Kier molecular flexibility index (Phi) is 4.91. The van der Waals surface area contributed by atoms with Crippen molar-refractivity contribution in [2.45, 2.75) is 19.9 Å². The largest absolute Gasteiger partial charge is 0.301 e. The number of halogens is 1. The molecule has 0 saturated heterocycles. The first-order valence-electron chi connectivity index (χ1n) is 4.37. The molecule has 74 valence electrons. The van der Waals surface area contributed by atoms with Crippen LogP contribution < -0.4 is 0 Å². The second-order valence-electron chi connectivity index (χ2n) is 3.14. The van der Waals surface area contributed by atoms with E-state index in [4.69, 9.17) is 0 Å². The zero-order chi connectivity index (χ0) is 9.68. The van der Waals surface area contributed by atoms with Gasteiger partial charge in [0.1, 0.15) is 0 Å². The van der Waals surface area contributed by atoms with E-state index in [1.807, 2.05) is 5.51 Å². The van der Waals surface area contributed by atoms with Gasteiger partial charge in [-0.25, -0.2) is 4.98 Å². The highest BCUT2D eigenvalue weighted by molar-refractivity contribution is 9.09. The summed E-state index contributed by atoms with van der Waals surface area (Å²) in [5, 5.41) is 1.08. The van der Waals surface area contributed by atoms with Crippen molar-refractivity contribution in [1.82, 2.24) is 9.88 Å². The van der Waals surface area contributed by atoms with Gasteiger partial charge in [0.2, 0.25) is 0 Å². The lowest BCUT2D eigenvalue weighted by Crippen LogP contribution is -2.19. The van der Waals surface area contributed by atoms with Gasteiger partial charge < -0.3 is 4.90 Å². The van der Waals surface area contributed by atoms with Crippen LogP contribution in [0.5, 0.6) is 0 Å². The van der Waals surface area contributed by atoms with E-state index in [-0.39, 0.29) is 0 Å². The van der Waals surface area contributed by atoms with Crippen molar-refractivity contribution < 1.29 is 0 Å². The molecule has 0 bridgehead atoms. The number of hydrogen-bond donors (Lipinski definition) is 0. The highest BCUT2D eigenvalue weighted by Gasteiger charge is 2.04. The molecule has 4 heteroatoms. The fourth-order valence-corrected chi connectivity index (χ4v) is 2.24. The number of aromatic nitrogens is 1. The fourth-order valence-electron chi connectivity index (χ4n) is 1.13. The average Bonchev–Trinajstić information content (AvgIpc) is 2.48. The molecule has 0 N–H and O–H groups in total. The van der Waals surface area contributed by atoms with E-state index in [1.54, 1.807) is 11.3 Å². The Bertz CT molecular complexity index is 250. The van der Waals surface area contributed by atoms with Crippen molar-refractivity contribution in [3.05, 3.63) is 16.1 Å². The maximum atomic E-state index is 4.23. The number of thiazole rings is 1. The molecule has 0 aromatic carbocycles. The summed E-state index contributed by atoms with van der Waals surface area (Å²) in [5.74, 6) is 0. The second kappa shape index (κ2) is 5.73. The molecule has 0 atom stereocenters. The van der Waals surface area contributed by atoms with Crippen LogP contribution in [0.3, 0.4) is 0 Å². The van der Waals surface area contributed by atoms with Crippen LogP contribution in [-0.4, -0.2) is 28.8 Å². The van der Waals surface area contributed by atoms with Crippen LogP contribution in [-0.2, 0) is 6.54 Å². The SMILES string of the molecule is Cc1ncsc1CN(C)CCCBr. The summed E-state index contributed by atoms with van der Waals surface area (Å²) in [6.07, 6.45) is 1.20. The summed E-state index contributed by atoms with van der Waals surface area (Å²) in [6, 6.07) is 0. The molecule has 13 heavy (non-hydrogen) atoms. The van der Waals surface area contributed by atoms with Crippen LogP contribution in [0, 0.1) is 6.92 Å². The van der Waals surface area contributed by atoms with E-state index < -0.39 is 0 Å². The van der Waals surface area contributed by atoms with Gasteiger partial charge in [-0.3, -0.25) is 0 Å². The summed E-state index contributed by atoms with van der Waals surface area (Å²) in [4.78, 5) is 7.95. The molecule has 0 radical (unpaired) electrons. The summed E-state index contributed by atoms with van der Waals surface area (Å²) in [7, 11) is 2.15. The minimum absolute atomic E-state index is 1.03. The van der Waals surface area contributed by atoms with Gasteiger partial charge in [-0.2, -0.15) is 0 Å². The molecule has 0 aliphatic carbocycles. The zero-order valence-corrected chi connectivity index (χ0v) is 10.5. The Morgan fingerprint density at radius 1 is 1.62 bits per heavy atom. The summed E-state index contributed by atoms with van der Waals surface area (Å²) < 4.78 is 0. The zero-order valence-electron chi connectivity index (χ0n) is 8.09. The van der Waals surface area contributed by atoms with E-state index in [0.717, 1.165) is 18.4 Å². The fraction of sp³-hybridized carbons (Fsp3) is 0.667.